The molecule has 0 aromatic heterocycles. The van der Waals surface area contributed by atoms with Crippen molar-refractivity contribution in [2.75, 3.05) is 6.26 Å². The molecular weight excluding hydrogens is 290 g/mol. The molecule has 0 radical (unpaired) electrons. The topological polar surface area (TPSA) is 29.1 Å². The molecule has 2 nitrogen and oxygen atoms in total. The van der Waals surface area contributed by atoms with E-state index < -0.39 is 0 Å². The molecule has 1 N–H and O–H groups in total. The smallest absolute Gasteiger partial charge is 0.220 e. The Hall–Kier alpha value is -1.74. The molecule has 3 rings (SSSR count). The van der Waals surface area contributed by atoms with Crippen LogP contribution in [0.15, 0.2) is 53.4 Å². The number of hydrogen-bond donors (Lipinski definition) is 1. The Labute approximate surface area is 136 Å². The molecule has 1 atom stereocenters. The second-order valence-electron chi connectivity index (χ2n) is 5.76. The SMILES string of the molecule is CSc1ccc(CNC(=O)CC2CCc3ccccc32)cc1. The highest BCUT2D eigenvalue weighted by atomic mass is 32.2. The zero-order valence-electron chi connectivity index (χ0n) is 12.8. The summed E-state index contributed by atoms with van der Waals surface area (Å²) in [4.78, 5) is 13.4. The van der Waals surface area contributed by atoms with E-state index >= 15 is 0 Å². The third-order valence-corrected chi connectivity index (χ3v) is 5.08. The molecule has 22 heavy (non-hydrogen) atoms. The number of fused-ring (bicyclic) bond motifs is 1. The van der Waals surface area contributed by atoms with Crippen LogP contribution in [0.5, 0.6) is 0 Å². The van der Waals surface area contributed by atoms with Crippen molar-refractivity contribution >= 4 is 17.7 Å². The van der Waals surface area contributed by atoms with Gasteiger partial charge < -0.3 is 5.32 Å². The molecule has 2 aromatic carbocycles. The maximum atomic E-state index is 12.2. The summed E-state index contributed by atoms with van der Waals surface area (Å²) in [6, 6.07) is 16.9. The van der Waals surface area contributed by atoms with Gasteiger partial charge in [0.05, 0.1) is 0 Å². The highest BCUT2D eigenvalue weighted by Gasteiger charge is 2.23. The van der Waals surface area contributed by atoms with E-state index in [0.29, 0.717) is 18.9 Å². The van der Waals surface area contributed by atoms with E-state index in [9.17, 15) is 4.79 Å². The van der Waals surface area contributed by atoms with Crippen molar-refractivity contribution in [2.24, 2.45) is 0 Å². The van der Waals surface area contributed by atoms with Gasteiger partial charge in [0.1, 0.15) is 0 Å². The number of aryl methyl sites for hydroxylation is 1. The summed E-state index contributed by atoms with van der Waals surface area (Å²) < 4.78 is 0. The molecule has 114 valence electrons. The van der Waals surface area contributed by atoms with Gasteiger partial charge in [-0.3, -0.25) is 4.79 Å². The van der Waals surface area contributed by atoms with Gasteiger partial charge in [-0.15, -0.1) is 11.8 Å². The summed E-state index contributed by atoms with van der Waals surface area (Å²) in [5.41, 5.74) is 3.92. The van der Waals surface area contributed by atoms with Gasteiger partial charge in [0.2, 0.25) is 5.91 Å². The van der Waals surface area contributed by atoms with Crippen molar-refractivity contribution in [3.05, 3.63) is 65.2 Å². The molecule has 0 saturated carbocycles. The van der Waals surface area contributed by atoms with Crippen molar-refractivity contribution in [1.82, 2.24) is 5.32 Å². The standard InChI is InChI=1S/C19H21NOS/c1-22-17-10-6-14(7-11-17)13-20-19(21)12-16-9-8-15-4-2-3-5-18(15)16/h2-7,10-11,16H,8-9,12-13H2,1H3,(H,20,21). The molecule has 0 aliphatic heterocycles. The minimum atomic E-state index is 0.149. The molecule has 1 unspecified atom stereocenters. The van der Waals surface area contributed by atoms with Crippen LogP contribution in [0, 0.1) is 0 Å². The van der Waals surface area contributed by atoms with Crippen LogP contribution in [0.25, 0.3) is 0 Å². The van der Waals surface area contributed by atoms with Crippen LogP contribution < -0.4 is 5.32 Å². The second kappa shape index (κ2) is 7.01. The van der Waals surface area contributed by atoms with E-state index in [1.165, 1.54) is 16.0 Å². The Bertz CT molecular complexity index is 651. The number of nitrogens with one attached hydrogen (secondary N) is 1. The van der Waals surface area contributed by atoms with Crippen molar-refractivity contribution in [3.8, 4) is 0 Å². The maximum Gasteiger partial charge on any atom is 0.220 e. The minimum Gasteiger partial charge on any atom is -0.352 e. The van der Waals surface area contributed by atoms with Gasteiger partial charge in [-0.1, -0.05) is 36.4 Å². The number of carbonyl (C=O) groups is 1. The van der Waals surface area contributed by atoms with E-state index in [-0.39, 0.29) is 5.91 Å². The summed E-state index contributed by atoms with van der Waals surface area (Å²) >= 11 is 1.73. The molecule has 0 saturated heterocycles. The summed E-state index contributed by atoms with van der Waals surface area (Å²) in [6.45, 7) is 0.613. The molecule has 0 fully saturated rings. The van der Waals surface area contributed by atoms with Crippen LogP contribution in [0.4, 0.5) is 0 Å². The largest absolute Gasteiger partial charge is 0.352 e. The number of carbonyl (C=O) groups excluding carboxylic acids is 1. The van der Waals surface area contributed by atoms with Crippen LogP contribution >= 0.6 is 11.8 Å². The third kappa shape index (κ3) is 3.53. The first-order valence-electron chi connectivity index (χ1n) is 7.73. The lowest BCUT2D eigenvalue weighted by Crippen LogP contribution is -2.24. The van der Waals surface area contributed by atoms with Gasteiger partial charge in [0.15, 0.2) is 0 Å². The number of hydrogen-bond acceptors (Lipinski definition) is 2. The predicted molar refractivity (Wildman–Crippen MR) is 92.2 cm³/mol. The fourth-order valence-corrected chi connectivity index (χ4v) is 3.51. The average molecular weight is 311 g/mol. The van der Waals surface area contributed by atoms with E-state index in [1.54, 1.807) is 11.8 Å². The zero-order valence-corrected chi connectivity index (χ0v) is 13.7. The van der Waals surface area contributed by atoms with Gasteiger partial charge in [-0.2, -0.15) is 0 Å². The Morgan fingerprint density at radius 2 is 1.95 bits per heavy atom. The first-order chi connectivity index (χ1) is 10.8. The summed E-state index contributed by atoms with van der Waals surface area (Å²) in [5.74, 6) is 0.533. The highest BCUT2D eigenvalue weighted by Crippen LogP contribution is 2.35. The molecule has 1 aliphatic rings. The molecular formula is C19H21NOS. The number of thioether (sulfide) groups is 1. The molecule has 3 heteroatoms. The summed E-state index contributed by atoms with van der Waals surface area (Å²) in [5, 5.41) is 3.05. The van der Waals surface area contributed by atoms with Gasteiger partial charge in [-0.05, 0) is 53.8 Å². The van der Waals surface area contributed by atoms with Crippen LogP contribution in [0.2, 0.25) is 0 Å². The summed E-state index contributed by atoms with van der Waals surface area (Å²) in [7, 11) is 0. The van der Waals surface area contributed by atoms with Crippen LogP contribution in [0.3, 0.4) is 0 Å². The lowest BCUT2D eigenvalue weighted by molar-refractivity contribution is -0.121. The van der Waals surface area contributed by atoms with Crippen LogP contribution in [-0.4, -0.2) is 12.2 Å². The number of rotatable bonds is 5. The molecule has 1 aliphatic carbocycles. The zero-order chi connectivity index (χ0) is 15.4. The van der Waals surface area contributed by atoms with E-state index in [2.05, 4.69) is 60.1 Å². The van der Waals surface area contributed by atoms with E-state index in [0.717, 1.165) is 18.4 Å². The molecule has 0 heterocycles. The monoisotopic (exact) mass is 311 g/mol. The Balaban J connectivity index is 1.53. The third-order valence-electron chi connectivity index (χ3n) is 4.34. The number of benzene rings is 2. The van der Waals surface area contributed by atoms with E-state index in [4.69, 9.17) is 0 Å². The number of amides is 1. The summed E-state index contributed by atoms with van der Waals surface area (Å²) in [6.07, 6.45) is 4.86. The lowest BCUT2D eigenvalue weighted by Gasteiger charge is -2.12. The van der Waals surface area contributed by atoms with Gasteiger partial charge in [0.25, 0.3) is 0 Å². The first-order valence-corrected chi connectivity index (χ1v) is 8.96. The van der Waals surface area contributed by atoms with Gasteiger partial charge in [-0.25, -0.2) is 0 Å². The first kappa shape index (κ1) is 15.2. The van der Waals surface area contributed by atoms with Crippen molar-refractivity contribution in [2.45, 2.75) is 36.6 Å². The second-order valence-corrected chi connectivity index (χ2v) is 6.64. The fraction of sp³-hybridized carbons (Fsp3) is 0.316. The quantitative estimate of drug-likeness (QED) is 0.841. The molecule has 1 amide bonds. The van der Waals surface area contributed by atoms with Crippen LogP contribution in [-0.2, 0) is 17.8 Å². The van der Waals surface area contributed by atoms with Crippen molar-refractivity contribution < 1.29 is 4.79 Å². The minimum absolute atomic E-state index is 0.149. The van der Waals surface area contributed by atoms with E-state index in [1.807, 2.05) is 0 Å². The lowest BCUT2D eigenvalue weighted by atomic mass is 9.97. The van der Waals surface area contributed by atoms with Crippen molar-refractivity contribution in [3.63, 3.8) is 0 Å². The normalized spacial score (nSPS) is 16.3. The maximum absolute atomic E-state index is 12.2. The Morgan fingerprint density at radius 1 is 1.18 bits per heavy atom. The van der Waals surface area contributed by atoms with Crippen LogP contribution in [0.1, 0.15) is 35.4 Å². The molecule has 0 spiro atoms. The fourth-order valence-electron chi connectivity index (χ4n) is 3.10. The average Bonchev–Trinajstić information content (AvgIpc) is 2.97. The Morgan fingerprint density at radius 3 is 2.73 bits per heavy atom. The molecule has 0 bridgehead atoms. The van der Waals surface area contributed by atoms with Gasteiger partial charge >= 0.3 is 0 Å². The Kier molecular flexibility index (Phi) is 4.84. The van der Waals surface area contributed by atoms with Crippen molar-refractivity contribution in [1.29, 1.82) is 0 Å². The van der Waals surface area contributed by atoms with Gasteiger partial charge in [0, 0.05) is 17.9 Å². The highest BCUT2D eigenvalue weighted by molar-refractivity contribution is 7.98. The molecule has 2 aromatic rings. The predicted octanol–water partition coefficient (Wildman–Crippen LogP) is 4.14.